The van der Waals surface area contributed by atoms with Gasteiger partial charge in [0, 0.05) is 32.3 Å². The largest absolute Gasteiger partial charge is 0.385 e. The maximum absolute atomic E-state index is 12.4. The number of aliphatic hydroxyl groups excluding tert-OH is 1. The van der Waals surface area contributed by atoms with E-state index in [1.807, 2.05) is 18.7 Å². The van der Waals surface area contributed by atoms with E-state index >= 15 is 0 Å². The summed E-state index contributed by atoms with van der Waals surface area (Å²) in [4.78, 5) is 25.8. The third kappa shape index (κ3) is 3.85. The first kappa shape index (κ1) is 18.3. The molecule has 0 radical (unpaired) electrons. The van der Waals surface area contributed by atoms with E-state index in [4.69, 9.17) is 0 Å². The number of aliphatic hydroxyl groups is 1. The van der Waals surface area contributed by atoms with Gasteiger partial charge in [-0.15, -0.1) is 10.2 Å². The summed E-state index contributed by atoms with van der Waals surface area (Å²) >= 11 is 0. The Morgan fingerprint density at radius 1 is 1.35 bits per heavy atom. The van der Waals surface area contributed by atoms with E-state index in [0.29, 0.717) is 36.5 Å². The Morgan fingerprint density at radius 2 is 2.15 bits per heavy atom. The van der Waals surface area contributed by atoms with Crippen molar-refractivity contribution >= 4 is 17.5 Å². The van der Waals surface area contributed by atoms with Crippen LogP contribution in [0.15, 0.2) is 18.3 Å². The molecule has 0 saturated carbocycles. The molecule has 0 spiro atoms. The molecule has 8 heteroatoms. The Bertz CT molecular complexity index is 801. The third-order valence-corrected chi connectivity index (χ3v) is 4.65. The second-order valence-corrected chi connectivity index (χ2v) is 6.99. The van der Waals surface area contributed by atoms with Gasteiger partial charge in [0.15, 0.2) is 11.5 Å². The van der Waals surface area contributed by atoms with Gasteiger partial charge in [-0.2, -0.15) is 0 Å². The van der Waals surface area contributed by atoms with E-state index in [1.165, 1.54) is 0 Å². The number of amides is 2. The quantitative estimate of drug-likeness (QED) is 0.723. The van der Waals surface area contributed by atoms with Crippen LogP contribution in [0.3, 0.4) is 0 Å². The van der Waals surface area contributed by atoms with Crippen LogP contribution in [0.25, 0.3) is 5.65 Å². The highest BCUT2D eigenvalue weighted by Gasteiger charge is 2.20. The number of rotatable bonds is 7. The highest BCUT2D eigenvalue weighted by atomic mass is 16.3. The second kappa shape index (κ2) is 7.82. The zero-order valence-electron chi connectivity index (χ0n) is 15.2. The lowest BCUT2D eigenvalue weighted by Gasteiger charge is -2.15. The number of nitrogens with one attached hydrogen (secondary N) is 1. The van der Waals surface area contributed by atoms with E-state index in [-0.39, 0.29) is 17.7 Å². The molecule has 1 aliphatic heterocycles. The minimum Gasteiger partial charge on any atom is -0.385 e. The standard InChI is InChI=1S/C18H25N5O3/c1-12(2)16(25)17-21-20-14-7-6-13(11-23(14)17)18(26)19-8-4-10-22-9-3-5-15(22)24/h6-7,11-12,16,25H,3-5,8-10H2,1-2H3,(H,19,26). The van der Waals surface area contributed by atoms with Crippen LogP contribution in [0.4, 0.5) is 0 Å². The minimum atomic E-state index is -0.749. The van der Waals surface area contributed by atoms with Gasteiger partial charge in [0.05, 0.1) is 5.56 Å². The predicted molar refractivity (Wildman–Crippen MR) is 95.5 cm³/mol. The molecule has 1 atom stereocenters. The van der Waals surface area contributed by atoms with E-state index in [1.54, 1.807) is 22.7 Å². The van der Waals surface area contributed by atoms with Crippen LogP contribution in [0.1, 0.15) is 55.4 Å². The Morgan fingerprint density at radius 3 is 2.85 bits per heavy atom. The molecule has 1 aliphatic rings. The third-order valence-electron chi connectivity index (χ3n) is 4.65. The molecule has 0 bridgehead atoms. The smallest absolute Gasteiger partial charge is 0.252 e. The molecular weight excluding hydrogens is 334 g/mol. The number of hydrogen-bond donors (Lipinski definition) is 2. The summed E-state index contributed by atoms with van der Waals surface area (Å²) in [6, 6.07) is 3.40. The highest BCUT2D eigenvalue weighted by molar-refractivity contribution is 5.94. The molecule has 0 aromatic carbocycles. The molecule has 2 amide bonds. The van der Waals surface area contributed by atoms with Gasteiger partial charge < -0.3 is 15.3 Å². The first-order valence-corrected chi connectivity index (χ1v) is 9.06. The number of pyridine rings is 1. The van der Waals surface area contributed by atoms with Crippen molar-refractivity contribution in [1.29, 1.82) is 0 Å². The van der Waals surface area contributed by atoms with Crippen molar-refractivity contribution in [2.24, 2.45) is 5.92 Å². The van der Waals surface area contributed by atoms with Crippen LogP contribution >= 0.6 is 0 Å². The second-order valence-electron chi connectivity index (χ2n) is 6.99. The first-order valence-electron chi connectivity index (χ1n) is 9.06. The zero-order valence-corrected chi connectivity index (χ0v) is 15.2. The van der Waals surface area contributed by atoms with Crippen molar-refractivity contribution in [3.63, 3.8) is 0 Å². The number of aromatic nitrogens is 3. The van der Waals surface area contributed by atoms with Crippen LogP contribution in [0.2, 0.25) is 0 Å². The fourth-order valence-corrected chi connectivity index (χ4v) is 3.06. The van der Waals surface area contributed by atoms with Crippen molar-refractivity contribution < 1.29 is 14.7 Å². The van der Waals surface area contributed by atoms with E-state index in [2.05, 4.69) is 15.5 Å². The number of carbonyl (C=O) groups is 2. The average Bonchev–Trinajstić information content (AvgIpc) is 3.23. The van der Waals surface area contributed by atoms with E-state index in [9.17, 15) is 14.7 Å². The van der Waals surface area contributed by atoms with Crippen LogP contribution in [-0.2, 0) is 4.79 Å². The van der Waals surface area contributed by atoms with Crippen molar-refractivity contribution in [2.45, 2.75) is 39.2 Å². The summed E-state index contributed by atoms with van der Waals surface area (Å²) in [7, 11) is 0. The number of likely N-dealkylation sites (tertiary alicyclic amines) is 1. The molecule has 1 unspecified atom stereocenters. The average molecular weight is 359 g/mol. The predicted octanol–water partition coefficient (Wildman–Crippen LogP) is 1.16. The van der Waals surface area contributed by atoms with Gasteiger partial charge >= 0.3 is 0 Å². The molecule has 26 heavy (non-hydrogen) atoms. The van der Waals surface area contributed by atoms with Gasteiger partial charge in [-0.1, -0.05) is 13.8 Å². The fraction of sp³-hybridized carbons (Fsp3) is 0.556. The minimum absolute atomic E-state index is 0.00631. The lowest BCUT2D eigenvalue weighted by atomic mass is 10.1. The summed E-state index contributed by atoms with van der Waals surface area (Å²) in [6.45, 7) is 5.79. The molecule has 3 heterocycles. The molecule has 1 fully saturated rings. The van der Waals surface area contributed by atoms with Crippen LogP contribution < -0.4 is 5.32 Å². The molecule has 2 N–H and O–H groups in total. The topological polar surface area (TPSA) is 99.8 Å². The van der Waals surface area contributed by atoms with Gasteiger partial charge in [0.1, 0.15) is 6.10 Å². The van der Waals surface area contributed by atoms with Gasteiger partial charge in [-0.05, 0) is 30.9 Å². The van der Waals surface area contributed by atoms with Crippen molar-refractivity contribution in [3.8, 4) is 0 Å². The molecule has 2 aromatic rings. The maximum atomic E-state index is 12.4. The van der Waals surface area contributed by atoms with Gasteiger partial charge in [-0.3, -0.25) is 14.0 Å². The summed E-state index contributed by atoms with van der Waals surface area (Å²) in [5.74, 6) is 0.425. The SMILES string of the molecule is CC(C)C(O)c1nnc2ccc(C(=O)NCCCN3CCCC3=O)cn12. The van der Waals surface area contributed by atoms with Crippen molar-refractivity contribution in [3.05, 3.63) is 29.7 Å². The Balaban J connectivity index is 1.61. The number of hydrogen-bond acceptors (Lipinski definition) is 5. The molecule has 3 rings (SSSR count). The van der Waals surface area contributed by atoms with Crippen molar-refractivity contribution in [2.75, 3.05) is 19.6 Å². The van der Waals surface area contributed by atoms with Crippen molar-refractivity contribution in [1.82, 2.24) is 24.8 Å². The lowest BCUT2D eigenvalue weighted by molar-refractivity contribution is -0.127. The zero-order chi connectivity index (χ0) is 18.7. The molecular formula is C18H25N5O3. The summed E-state index contributed by atoms with van der Waals surface area (Å²) in [6.07, 6.45) is 3.19. The molecule has 140 valence electrons. The number of carbonyl (C=O) groups excluding carboxylic acids is 2. The van der Waals surface area contributed by atoms with E-state index < -0.39 is 6.10 Å². The lowest BCUT2D eigenvalue weighted by Crippen LogP contribution is -2.30. The number of fused-ring (bicyclic) bond motifs is 1. The Hall–Kier alpha value is -2.48. The highest BCUT2D eigenvalue weighted by Crippen LogP contribution is 2.20. The summed E-state index contributed by atoms with van der Waals surface area (Å²) in [5.41, 5.74) is 1.07. The molecule has 2 aromatic heterocycles. The fourth-order valence-electron chi connectivity index (χ4n) is 3.06. The monoisotopic (exact) mass is 359 g/mol. The Labute approximate surface area is 152 Å². The van der Waals surface area contributed by atoms with E-state index in [0.717, 1.165) is 19.4 Å². The van der Waals surface area contributed by atoms with Crippen LogP contribution in [-0.4, -0.2) is 56.1 Å². The van der Waals surface area contributed by atoms with Gasteiger partial charge in [0.2, 0.25) is 5.91 Å². The number of nitrogens with zero attached hydrogens (tertiary/aromatic N) is 4. The normalized spacial score (nSPS) is 15.8. The maximum Gasteiger partial charge on any atom is 0.252 e. The summed E-state index contributed by atoms with van der Waals surface area (Å²) in [5, 5.41) is 21.2. The first-order chi connectivity index (χ1) is 12.5. The molecule has 0 aliphatic carbocycles. The van der Waals surface area contributed by atoms with Crippen LogP contribution in [0.5, 0.6) is 0 Å². The molecule has 1 saturated heterocycles. The van der Waals surface area contributed by atoms with Gasteiger partial charge in [-0.25, -0.2) is 0 Å². The molecule has 8 nitrogen and oxygen atoms in total. The summed E-state index contributed by atoms with van der Waals surface area (Å²) < 4.78 is 1.66. The van der Waals surface area contributed by atoms with Gasteiger partial charge in [0.25, 0.3) is 5.91 Å². The van der Waals surface area contributed by atoms with Crippen LogP contribution in [0, 0.1) is 5.92 Å². The Kier molecular flexibility index (Phi) is 5.51.